The van der Waals surface area contributed by atoms with Gasteiger partial charge in [-0.2, -0.15) is 0 Å². The van der Waals surface area contributed by atoms with E-state index in [2.05, 4.69) is 5.32 Å². The molecule has 1 aromatic rings. The van der Waals surface area contributed by atoms with Gasteiger partial charge in [0.1, 0.15) is 0 Å². The van der Waals surface area contributed by atoms with Crippen molar-refractivity contribution in [3.05, 3.63) is 23.2 Å². The van der Waals surface area contributed by atoms with Gasteiger partial charge >= 0.3 is 0 Å². The molecule has 4 heteroatoms. The molecule has 1 amide bonds. The Bertz CT molecular complexity index is 457. The predicted octanol–water partition coefficient (Wildman–Crippen LogP) is 3.14. The molecule has 0 radical (unpaired) electrons. The van der Waals surface area contributed by atoms with Gasteiger partial charge in [0.25, 0.3) is 0 Å². The number of anilines is 2. The summed E-state index contributed by atoms with van der Waals surface area (Å²) in [7, 11) is 0. The highest BCUT2D eigenvalue weighted by Crippen LogP contribution is 2.35. The van der Waals surface area contributed by atoms with Gasteiger partial charge in [-0.05, 0) is 39.0 Å². The maximum absolute atomic E-state index is 12.4. The molecule has 0 aromatic heterocycles. The molecule has 0 unspecified atom stereocenters. The first-order valence-corrected chi connectivity index (χ1v) is 6.19. The quantitative estimate of drug-likeness (QED) is 0.833. The Balaban J connectivity index is 2.52. The fourth-order valence-corrected chi connectivity index (χ4v) is 2.24. The third kappa shape index (κ3) is 2.12. The van der Waals surface area contributed by atoms with Gasteiger partial charge in [-0.25, -0.2) is 0 Å². The molecule has 0 fully saturated rings. The second-order valence-electron chi connectivity index (χ2n) is 4.95. The van der Waals surface area contributed by atoms with Crippen molar-refractivity contribution in [1.29, 1.82) is 0 Å². The van der Waals surface area contributed by atoms with Gasteiger partial charge in [-0.1, -0.05) is 11.6 Å². The van der Waals surface area contributed by atoms with Crippen molar-refractivity contribution in [2.75, 3.05) is 23.3 Å². The van der Waals surface area contributed by atoms with E-state index in [4.69, 9.17) is 11.6 Å². The topological polar surface area (TPSA) is 32.3 Å². The number of hydrogen-bond donors (Lipinski definition) is 1. The molecule has 0 saturated heterocycles. The molecule has 0 saturated carbocycles. The second kappa shape index (κ2) is 4.22. The van der Waals surface area contributed by atoms with Crippen molar-refractivity contribution < 1.29 is 4.79 Å². The van der Waals surface area contributed by atoms with Crippen LogP contribution in [0.25, 0.3) is 0 Å². The van der Waals surface area contributed by atoms with Gasteiger partial charge in [0, 0.05) is 18.1 Å². The van der Waals surface area contributed by atoms with E-state index in [1.807, 2.05) is 43.9 Å². The lowest BCUT2D eigenvalue weighted by atomic mass is 9.92. The first-order chi connectivity index (χ1) is 7.95. The van der Waals surface area contributed by atoms with E-state index >= 15 is 0 Å². The summed E-state index contributed by atoms with van der Waals surface area (Å²) in [5.41, 5.74) is 1.44. The molecule has 0 bridgehead atoms. The number of carbonyl (C=O) groups is 1. The molecular weight excluding hydrogens is 236 g/mol. The SMILES string of the molecule is CCN1C(=O)C(C)(C)CNc2cc(Cl)ccc21. The summed E-state index contributed by atoms with van der Waals surface area (Å²) in [6.07, 6.45) is 0. The molecule has 0 aliphatic carbocycles. The number of nitrogens with zero attached hydrogens (tertiary/aromatic N) is 1. The van der Waals surface area contributed by atoms with Crippen LogP contribution in [0.15, 0.2) is 18.2 Å². The van der Waals surface area contributed by atoms with Crippen molar-refractivity contribution >= 4 is 28.9 Å². The normalized spacial score (nSPS) is 18.4. The van der Waals surface area contributed by atoms with E-state index < -0.39 is 5.41 Å². The van der Waals surface area contributed by atoms with Crippen molar-refractivity contribution in [3.8, 4) is 0 Å². The summed E-state index contributed by atoms with van der Waals surface area (Å²) in [6, 6.07) is 5.58. The van der Waals surface area contributed by atoms with E-state index in [-0.39, 0.29) is 5.91 Å². The van der Waals surface area contributed by atoms with Crippen molar-refractivity contribution in [3.63, 3.8) is 0 Å². The van der Waals surface area contributed by atoms with Gasteiger partial charge in [-0.15, -0.1) is 0 Å². The van der Waals surface area contributed by atoms with Crippen molar-refractivity contribution in [2.24, 2.45) is 5.41 Å². The van der Waals surface area contributed by atoms with Crippen molar-refractivity contribution in [1.82, 2.24) is 0 Å². The van der Waals surface area contributed by atoms with E-state index in [9.17, 15) is 4.79 Å². The molecule has 1 aromatic carbocycles. The van der Waals surface area contributed by atoms with Crippen LogP contribution in [-0.2, 0) is 4.79 Å². The molecule has 2 rings (SSSR count). The zero-order valence-corrected chi connectivity index (χ0v) is 11.1. The fraction of sp³-hybridized carbons (Fsp3) is 0.462. The Kier molecular flexibility index (Phi) is 3.04. The highest BCUT2D eigenvalue weighted by atomic mass is 35.5. The monoisotopic (exact) mass is 252 g/mol. The summed E-state index contributed by atoms with van der Waals surface area (Å²) in [6.45, 7) is 7.18. The Morgan fingerprint density at radius 2 is 2.18 bits per heavy atom. The van der Waals surface area contributed by atoms with Crippen molar-refractivity contribution in [2.45, 2.75) is 20.8 Å². The average molecular weight is 253 g/mol. The van der Waals surface area contributed by atoms with Gasteiger partial charge in [-0.3, -0.25) is 4.79 Å². The summed E-state index contributed by atoms with van der Waals surface area (Å²) in [4.78, 5) is 14.2. The van der Waals surface area contributed by atoms with Crippen LogP contribution in [-0.4, -0.2) is 19.0 Å². The molecule has 0 spiro atoms. The van der Waals surface area contributed by atoms with Crippen LogP contribution in [0, 0.1) is 5.41 Å². The Morgan fingerprint density at radius 3 is 2.82 bits per heavy atom. The lowest BCUT2D eigenvalue weighted by Gasteiger charge is -2.27. The van der Waals surface area contributed by atoms with E-state index in [0.717, 1.165) is 11.4 Å². The zero-order valence-electron chi connectivity index (χ0n) is 10.4. The highest BCUT2D eigenvalue weighted by Gasteiger charge is 2.35. The molecule has 1 aliphatic heterocycles. The minimum Gasteiger partial charge on any atom is -0.382 e. The number of amides is 1. The number of rotatable bonds is 1. The first kappa shape index (κ1) is 12.2. The van der Waals surface area contributed by atoms with Crippen LogP contribution < -0.4 is 10.2 Å². The lowest BCUT2D eigenvalue weighted by molar-refractivity contribution is -0.125. The Hall–Kier alpha value is -1.22. The standard InChI is InChI=1S/C13H17ClN2O/c1-4-16-11-6-5-9(14)7-10(11)15-8-13(2,3)12(16)17/h5-7,15H,4,8H2,1-3H3. The predicted molar refractivity (Wildman–Crippen MR) is 71.7 cm³/mol. The zero-order chi connectivity index (χ0) is 12.6. The smallest absolute Gasteiger partial charge is 0.234 e. The molecule has 1 N–H and O–H groups in total. The molecule has 17 heavy (non-hydrogen) atoms. The van der Waals surface area contributed by atoms with Crippen LogP contribution in [0.1, 0.15) is 20.8 Å². The minimum absolute atomic E-state index is 0.147. The maximum atomic E-state index is 12.4. The third-order valence-corrected chi connectivity index (χ3v) is 3.35. The third-order valence-electron chi connectivity index (χ3n) is 3.11. The average Bonchev–Trinajstić information content (AvgIpc) is 2.37. The van der Waals surface area contributed by atoms with Gasteiger partial charge in [0.15, 0.2) is 0 Å². The van der Waals surface area contributed by atoms with Gasteiger partial charge < -0.3 is 10.2 Å². The minimum atomic E-state index is -0.401. The molecule has 1 aliphatic rings. The number of nitrogens with one attached hydrogen (secondary N) is 1. The number of hydrogen-bond acceptors (Lipinski definition) is 2. The first-order valence-electron chi connectivity index (χ1n) is 5.81. The molecule has 92 valence electrons. The number of carbonyl (C=O) groups excluding carboxylic acids is 1. The summed E-state index contributed by atoms with van der Waals surface area (Å²) in [5.74, 6) is 0.147. The summed E-state index contributed by atoms with van der Waals surface area (Å²) in [5, 5.41) is 3.98. The van der Waals surface area contributed by atoms with Crippen LogP contribution in [0.2, 0.25) is 5.02 Å². The van der Waals surface area contributed by atoms with Gasteiger partial charge in [0.05, 0.1) is 16.8 Å². The Morgan fingerprint density at radius 1 is 1.47 bits per heavy atom. The molecule has 1 heterocycles. The number of halogens is 1. The maximum Gasteiger partial charge on any atom is 0.234 e. The van der Waals surface area contributed by atoms with E-state index in [0.29, 0.717) is 18.1 Å². The Labute approximate surface area is 107 Å². The summed E-state index contributed by atoms with van der Waals surface area (Å²) >= 11 is 5.98. The fourth-order valence-electron chi connectivity index (χ4n) is 2.07. The lowest BCUT2D eigenvalue weighted by Crippen LogP contribution is -2.42. The van der Waals surface area contributed by atoms with Crippen LogP contribution in [0.4, 0.5) is 11.4 Å². The second-order valence-corrected chi connectivity index (χ2v) is 5.38. The van der Waals surface area contributed by atoms with Gasteiger partial charge in [0.2, 0.25) is 5.91 Å². The number of fused-ring (bicyclic) bond motifs is 1. The van der Waals surface area contributed by atoms with Crippen LogP contribution in [0.3, 0.4) is 0 Å². The molecular formula is C13H17ClN2O. The van der Waals surface area contributed by atoms with Crippen LogP contribution in [0.5, 0.6) is 0 Å². The summed E-state index contributed by atoms with van der Waals surface area (Å²) < 4.78 is 0. The molecule has 0 atom stereocenters. The van der Waals surface area contributed by atoms with E-state index in [1.54, 1.807) is 0 Å². The highest BCUT2D eigenvalue weighted by molar-refractivity contribution is 6.31. The molecule has 3 nitrogen and oxygen atoms in total. The largest absolute Gasteiger partial charge is 0.382 e. The number of benzene rings is 1. The van der Waals surface area contributed by atoms with Crippen LogP contribution >= 0.6 is 11.6 Å². The van der Waals surface area contributed by atoms with E-state index in [1.165, 1.54) is 0 Å².